The predicted molar refractivity (Wildman–Crippen MR) is 101 cm³/mol. The number of fused-ring (bicyclic) bond motifs is 4. The van der Waals surface area contributed by atoms with E-state index in [1.54, 1.807) is 6.07 Å². The minimum absolute atomic E-state index is 0.256. The molecule has 2 unspecified atom stereocenters. The maximum absolute atomic E-state index is 14.5. The number of aliphatic hydroxyl groups excluding tert-OH is 1. The van der Waals surface area contributed by atoms with E-state index in [2.05, 4.69) is 4.98 Å². The zero-order valence-electron chi connectivity index (χ0n) is 14.1. The summed E-state index contributed by atoms with van der Waals surface area (Å²) in [5.41, 5.74) is 3.84. The maximum Gasteiger partial charge on any atom is 0.205 e. The summed E-state index contributed by atoms with van der Waals surface area (Å²) in [6, 6.07) is 10.5. The van der Waals surface area contributed by atoms with Crippen molar-refractivity contribution in [3.05, 3.63) is 69.3 Å². The number of ether oxygens (including phenoxy) is 1. The zero-order valence-corrected chi connectivity index (χ0v) is 15.6. The second-order valence-corrected chi connectivity index (χ2v) is 7.52. The standard InChI is InChI=1S/C20H15Cl2FN2O2/c21-19-18-12-4-2-1-3-11(12)15(25(18)20(22)24-19)9-16(26)13-7-10-5-6-27-17(10)8-14(13)23/h1-4,7-8,15-16,26H,5-6,9H2. The summed E-state index contributed by atoms with van der Waals surface area (Å²) in [7, 11) is 0. The van der Waals surface area contributed by atoms with Gasteiger partial charge < -0.3 is 14.4 Å². The van der Waals surface area contributed by atoms with E-state index in [4.69, 9.17) is 27.9 Å². The molecule has 3 heterocycles. The molecule has 0 spiro atoms. The number of hydrogen-bond acceptors (Lipinski definition) is 3. The quantitative estimate of drug-likeness (QED) is 0.670. The predicted octanol–water partition coefficient (Wildman–Crippen LogP) is 4.96. The summed E-state index contributed by atoms with van der Waals surface area (Å²) in [5, 5.41) is 11.4. The Bertz CT molecular complexity index is 1070. The summed E-state index contributed by atoms with van der Waals surface area (Å²) >= 11 is 12.6. The first-order valence-corrected chi connectivity index (χ1v) is 9.46. The van der Waals surface area contributed by atoms with Crippen molar-refractivity contribution in [2.45, 2.75) is 25.0 Å². The molecule has 2 aliphatic heterocycles. The van der Waals surface area contributed by atoms with Crippen LogP contribution in [0.25, 0.3) is 11.3 Å². The zero-order chi connectivity index (χ0) is 18.7. The van der Waals surface area contributed by atoms with Gasteiger partial charge in [0.1, 0.15) is 11.6 Å². The first-order chi connectivity index (χ1) is 13.0. The largest absolute Gasteiger partial charge is 0.493 e. The first kappa shape index (κ1) is 17.0. The highest BCUT2D eigenvalue weighted by Gasteiger charge is 2.35. The normalized spacial score (nSPS) is 18.0. The highest BCUT2D eigenvalue weighted by Crippen LogP contribution is 2.48. The number of aliphatic hydroxyl groups is 1. The Morgan fingerprint density at radius 2 is 2.11 bits per heavy atom. The third-order valence-corrected chi connectivity index (χ3v) is 5.86. The number of aromatic nitrogens is 2. The van der Waals surface area contributed by atoms with Crippen molar-refractivity contribution < 1.29 is 14.2 Å². The van der Waals surface area contributed by atoms with Crippen molar-refractivity contribution in [1.29, 1.82) is 0 Å². The Morgan fingerprint density at radius 3 is 2.96 bits per heavy atom. The fourth-order valence-electron chi connectivity index (χ4n) is 4.09. The molecular formula is C20H15Cl2FN2O2. The van der Waals surface area contributed by atoms with E-state index < -0.39 is 11.9 Å². The van der Waals surface area contributed by atoms with E-state index in [-0.39, 0.29) is 23.3 Å². The van der Waals surface area contributed by atoms with E-state index in [9.17, 15) is 9.50 Å². The van der Waals surface area contributed by atoms with Gasteiger partial charge >= 0.3 is 0 Å². The number of hydrogen-bond donors (Lipinski definition) is 1. The second-order valence-electron chi connectivity index (χ2n) is 6.82. The van der Waals surface area contributed by atoms with E-state index in [1.165, 1.54) is 6.07 Å². The molecule has 0 amide bonds. The number of halogens is 3. The smallest absolute Gasteiger partial charge is 0.205 e. The van der Waals surface area contributed by atoms with Crippen molar-refractivity contribution in [3.8, 4) is 17.0 Å². The van der Waals surface area contributed by atoms with Crippen LogP contribution in [0.2, 0.25) is 10.4 Å². The minimum atomic E-state index is -1.00. The van der Waals surface area contributed by atoms with Gasteiger partial charge in [0.15, 0.2) is 5.15 Å². The topological polar surface area (TPSA) is 47.3 Å². The van der Waals surface area contributed by atoms with E-state index in [0.717, 1.165) is 22.4 Å². The van der Waals surface area contributed by atoms with Gasteiger partial charge in [-0.3, -0.25) is 0 Å². The molecule has 27 heavy (non-hydrogen) atoms. The van der Waals surface area contributed by atoms with Gasteiger partial charge in [-0.2, -0.15) is 0 Å². The van der Waals surface area contributed by atoms with Crippen LogP contribution >= 0.6 is 23.2 Å². The second kappa shape index (κ2) is 6.23. The fraction of sp³-hybridized carbons (Fsp3) is 0.250. The molecule has 0 aliphatic carbocycles. The van der Waals surface area contributed by atoms with Crippen molar-refractivity contribution in [2.75, 3.05) is 6.61 Å². The van der Waals surface area contributed by atoms with Gasteiger partial charge in [0.2, 0.25) is 5.28 Å². The molecule has 5 rings (SSSR count). The molecule has 4 nitrogen and oxygen atoms in total. The van der Waals surface area contributed by atoms with Gasteiger partial charge in [-0.05, 0) is 28.8 Å². The van der Waals surface area contributed by atoms with Gasteiger partial charge in [-0.25, -0.2) is 9.37 Å². The van der Waals surface area contributed by atoms with Crippen LogP contribution in [0.4, 0.5) is 4.39 Å². The molecule has 0 radical (unpaired) electrons. The van der Waals surface area contributed by atoms with Crippen LogP contribution < -0.4 is 4.74 Å². The molecule has 0 saturated carbocycles. The molecular weight excluding hydrogens is 390 g/mol. The molecule has 0 saturated heterocycles. The van der Waals surface area contributed by atoms with Crippen LogP contribution in [0.3, 0.4) is 0 Å². The van der Waals surface area contributed by atoms with Gasteiger partial charge in [0.05, 0.1) is 24.4 Å². The maximum atomic E-state index is 14.5. The van der Waals surface area contributed by atoms with Crippen LogP contribution in [0.5, 0.6) is 5.75 Å². The summed E-state index contributed by atoms with van der Waals surface area (Å²) in [4.78, 5) is 4.15. The van der Waals surface area contributed by atoms with Gasteiger partial charge in [0.25, 0.3) is 0 Å². The molecule has 2 atom stereocenters. The summed E-state index contributed by atoms with van der Waals surface area (Å²) in [6.07, 6.45) is -0.0287. The fourth-order valence-corrected chi connectivity index (χ4v) is 4.70. The SMILES string of the molecule is OC(CC1c2ccccc2-c2c(Cl)nc(Cl)n21)c1cc2c(cc1F)OCC2. The van der Waals surface area contributed by atoms with Crippen LogP contribution in [-0.2, 0) is 6.42 Å². The van der Waals surface area contributed by atoms with Crippen LogP contribution in [-0.4, -0.2) is 21.3 Å². The molecule has 0 bridgehead atoms. The molecule has 3 aromatic rings. The summed E-state index contributed by atoms with van der Waals surface area (Å²) < 4.78 is 21.7. The third kappa shape index (κ3) is 2.57. The molecule has 0 fully saturated rings. The molecule has 2 aromatic carbocycles. The van der Waals surface area contributed by atoms with Crippen LogP contribution in [0.1, 0.15) is 35.3 Å². The van der Waals surface area contributed by atoms with Gasteiger partial charge in [-0.1, -0.05) is 35.9 Å². The molecule has 138 valence electrons. The average molecular weight is 405 g/mol. The highest BCUT2D eigenvalue weighted by atomic mass is 35.5. The monoisotopic (exact) mass is 404 g/mol. The van der Waals surface area contributed by atoms with E-state index in [1.807, 2.05) is 28.8 Å². The highest BCUT2D eigenvalue weighted by molar-refractivity contribution is 6.34. The van der Waals surface area contributed by atoms with Crippen LogP contribution in [0, 0.1) is 5.82 Å². The number of imidazole rings is 1. The summed E-state index contributed by atoms with van der Waals surface area (Å²) in [5.74, 6) is 0.0887. The Balaban J connectivity index is 1.55. The van der Waals surface area contributed by atoms with Gasteiger partial charge in [0, 0.05) is 30.0 Å². The van der Waals surface area contributed by atoms with Crippen LogP contribution in [0.15, 0.2) is 36.4 Å². The number of benzene rings is 2. The Morgan fingerprint density at radius 1 is 1.30 bits per heavy atom. The lowest BCUT2D eigenvalue weighted by atomic mass is 9.94. The Hall–Kier alpha value is -2.08. The third-order valence-electron chi connectivity index (χ3n) is 5.33. The lowest BCUT2D eigenvalue weighted by molar-refractivity contribution is 0.149. The summed E-state index contributed by atoms with van der Waals surface area (Å²) in [6.45, 7) is 0.539. The van der Waals surface area contributed by atoms with Crippen molar-refractivity contribution in [1.82, 2.24) is 9.55 Å². The van der Waals surface area contributed by atoms with E-state index in [0.29, 0.717) is 23.9 Å². The van der Waals surface area contributed by atoms with E-state index >= 15 is 0 Å². The van der Waals surface area contributed by atoms with Crippen molar-refractivity contribution >= 4 is 23.2 Å². The number of rotatable bonds is 3. The van der Waals surface area contributed by atoms with Crippen molar-refractivity contribution in [2.24, 2.45) is 0 Å². The Kier molecular flexibility index (Phi) is 3.93. The number of nitrogens with zero attached hydrogens (tertiary/aromatic N) is 2. The van der Waals surface area contributed by atoms with Crippen molar-refractivity contribution in [3.63, 3.8) is 0 Å². The van der Waals surface area contributed by atoms with Gasteiger partial charge in [-0.15, -0.1) is 0 Å². The lowest BCUT2D eigenvalue weighted by Crippen LogP contribution is -2.12. The average Bonchev–Trinajstić information content (AvgIpc) is 3.30. The first-order valence-electron chi connectivity index (χ1n) is 8.70. The molecule has 1 N–H and O–H groups in total. The lowest BCUT2D eigenvalue weighted by Gasteiger charge is -2.20. The molecule has 7 heteroatoms. The minimum Gasteiger partial charge on any atom is -0.493 e. The molecule has 1 aromatic heterocycles. The molecule has 2 aliphatic rings. The Labute approximate surface area is 165 Å².